The lowest BCUT2D eigenvalue weighted by molar-refractivity contribution is 0.0698. The maximum atomic E-state index is 11.0. The minimum Gasteiger partial charge on any atom is -0.478 e. The van der Waals surface area contributed by atoms with Gasteiger partial charge in [-0.3, -0.25) is 0 Å². The van der Waals surface area contributed by atoms with Crippen molar-refractivity contribution in [3.63, 3.8) is 0 Å². The van der Waals surface area contributed by atoms with Gasteiger partial charge in [-0.05, 0) is 31.0 Å². The van der Waals surface area contributed by atoms with Crippen LogP contribution >= 0.6 is 11.6 Å². The third-order valence-electron chi connectivity index (χ3n) is 2.93. The van der Waals surface area contributed by atoms with E-state index >= 15 is 0 Å². The van der Waals surface area contributed by atoms with Crippen LogP contribution in [0.5, 0.6) is 0 Å². The number of hydrogen-bond donors (Lipinski definition) is 2. The van der Waals surface area contributed by atoms with Crippen LogP contribution in [-0.4, -0.2) is 17.1 Å². The average molecular weight is 240 g/mol. The molecule has 16 heavy (non-hydrogen) atoms. The molecule has 1 fully saturated rings. The van der Waals surface area contributed by atoms with E-state index in [2.05, 4.69) is 5.32 Å². The summed E-state index contributed by atoms with van der Waals surface area (Å²) in [5.74, 6) is -0.942. The zero-order valence-corrected chi connectivity index (χ0v) is 9.63. The van der Waals surface area contributed by atoms with Gasteiger partial charge in [-0.1, -0.05) is 24.4 Å². The number of anilines is 1. The minimum absolute atomic E-state index is 0.249. The van der Waals surface area contributed by atoms with Gasteiger partial charge in [-0.2, -0.15) is 0 Å². The highest BCUT2D eigenvalue weighted by Gasteiger charge is 2.17. The SMILES string of the molecule is O=C(O)c1cc(Cl)ccc1NC1CCCC1. The van der Waals surface area contributed by atoms with E-state index < -0.39 is 5.97 Å². The Morgan fingerprint density at radius 3 is 2.69 bits per heavy atom. The summed E-state index contributed by atoms with van der Waals surface area (Å²) < 4.78 is 0. The number of carboxylic acids is 1. The van der Waals surface area contributed by atoms with E-state index in [1.807, 2.05) is 0 Å². The largest absolute Gasteiger partial charge is 0.478 e. The van der Waals surface area contributed by atoms with Gasteiger partial charge in [0, 0.05) is 16.8 Å². The van der Waals surface area contributed by atoms with E-state index in [0.29, 0.717) is 16.8 Å². The molecule has 1 aliphatic rings. The van der Waals surface area contributed by atoms with Crippen molar-refractivity contribution < 1.29 is 9.90 Å². The second-order valence-electron chi connectivity index (χ2n) is 4.12. The quantitative estimate of drug-likeness (QED) is 0.850. The van der Waals surface area contributed by atoms with Gasteiger partial charge in [0.2, 0.25) is 0 Å². The van der Waals surface area contributed by atoms with Crippen molar-refractivity contribution in [3.8, 4) is 0 Å². The van der Waals surface area contributed by atoms with E-state index in [9.17, 15) is 4.79 Å². The lowest BCUT2D eigenvalue weighted by Crippen LogP contribution is -2.16. The Labute approximate surface area is 99.4 Å². The molecule has 0 atom stereocenters. The summed E-state index contributed by atoms with van der Waals surface area (Å²) in [6, 6.07) is 5.34. The normalized spacial score (nSPS) is 16.3. The van der Waals surface area contributed by atoms with Crippen LogP contribution in [0, 0.1) is 0 Å². The maximum Gasteiger partial charge on any atom is 0.337 e. The molecule has 1 aromatic carbocycles. The molecule has 0 amide bonds. The molecule has 0 aliphatic heterocycles. The Hall–Kier alpha value is -1.22. The molecule has 1 aliphatic carbocycles. The van der Waals surface area contributed by atoms with Gasteiger partial charge in [0.15, 0.2) is 0 Å². The summed E-state index contributed by atoms with van der Waals surface area (Å²) in [5, 5.41) is 12.8. The molecule has 0 bridgehead atoms. The molecule has 0 aromatic heterocycles. The van der Waals surface area contributed by atoms with Crippen molar-refractivity contribution in [2.75, 3.05) is 5.32 Å². The van der Waals surface area contributed by atoms with Crippen LogP contribution in [0.25, 0.3) is 0 Å². The van der Waals surface area contributed by atoms with E-state index in [1.54, 1.807) is 12.1 Å². The molecule has 86 valence electrons. The van der Waals surface area contributed by atoms with Crippen LogP contribution in [-0.2, 0) is 0 Å². The van der Waals surface area contributed by atoms with Gasteiger partial charge < -0.3 is 10.4 Å². The van der Waals surface area contributed by atoms with Gasteiger partial charge in [0.1, 0.15) is 0 Å². The fourth-order valence-electron chi connectivity index (χ4n) is 2.11. The van der Waals surface area contributed by atoms with Crippen LogP contribution in [0.15, 0.2) is 18.2 Å². The lowest BCUT2D eigenvalue weighted by Gasteiger charge is -2.15. The highest BCUT2D eigenvalue weighted by atomic mass is 35.5. The monoisotopic (exact) mass is 239 g/mol. The summed E-state index contributed by atoms with van der Waals surface area (Å²) in [5.41, 5.74) is 0.920. The predicted molar refractivity (Wildman–Crippen MR) is 64.3 cm³/mol. The summed E-state index contributed by atoms with van der Waals surface area (Å²) in [6.07, 6.45) is 4.66. The standard InChI is InChI=1S/C12H14ClNO2/c13-8-5-6-11(10(7-8)12(15)16)14-9-3-1-2-4-9/h5-7,9,14H,1-4H2,(H,15,16). The predicted octanol–water partition coefficient (Wildman–Crippen LogP) is 3.39. The molecule has 2 rings (SSSR count). The van der Waals surface area contributed by atoms with Gasteiger partial charge in [-0.25, -0.2) is 4.79 Å². The molecule has 4 heteroatoms. The first kappa shape index (κ1) is 11.3. The van der Waals surface area contributed by atoms with Crippen molar-refractivity contribution in [2.45, 2.75) is 31.7 Å². The van der Waals surface area contributed by atoms with Crippen LogP contribution < -0.4 is 5.32 Å². The topological polar surface area (TPSA) is 49.3 Å². The number of hydrogen-bond acceptors (Lipinski definition) is 2. The van der Waals surface area contributed by atoms with Crippen molar-refractivity contribution in [2.24, 2.45) is 0 Å². The maximum absolute atomic E-state index is 11.0. The second-order valence-corrected chi connectivity index (χ2v) is 4.56. The van der Waals surface area contributed by atoms with E-state index in [-0.39, 0.29) is 5.56 Å². The number of carbonyl (C=O) groups is 1. The molecule has 0 saturated heterocycles. The smallest absolute Gasteiger partial charge is 0.337 e. The van der Waals surface area contributed by atoms with Crippen LogP contribution in [0.4, 0.5) is 5.69 Å². The third kappa shape index (κ3) is 2.47. The van der Waals surface area contributed by atoms with Gasteiger partial charge in [-0.15, -0.1) is 0 Å². The Morgan fingerprint density at radius 1 is 1.38 bits per heavy atom. The summed E-state index contributed by atoms with van der Waals surface area (Å²) in [6.45, 7) is 0. The fraction of sp³-hybridized carbons (Fsp3) is 0.417. The third-order valence-corrected chi connectivity index (χ3v) is 3.16. The molecule has 1 aromatic rings. The molecule has 2 N–H and O–H groups in total. The molecule has 0 spiro atoms. The molecule has 0 unspecified atom stereocenters. The first-order valence-corrected chi connectivity index (χ1v) is 5.84. The lowest BCUT2D eigenvalue weighted by atomic mass is 10.1. The number of aromatic carboxylic acids is 1. The van der Waals surface area contributed by atoms with E-state index in [1.165, 1.54) is 18.9 Å². The van der Waals surface area contributed by atoms with Gasteiger partial charge in [0.05, 0.1) is 5.56 Å². The Bertz CT molecular complexity index is 400. The first-order valence-electron chi connectivity index (χ1n) is 5.46. The zero-order chi connectivity index (χ0) is 11.5. The molecule has 0 radical (unpaired) electrons. The molecular weight excluding hydrogens is 226 g/mol. The average Bonchev–Trinajstić information content (AvgIpc) is 2.73. The van der Waals surface area contributed by atoms with Crippen LogP contribution in [0.2, 0.25) is 5.02 Å². The van der Waals surface area contributed by atoms with E-state index in [4.69, 9.17) is 16.7 Å². The van der Waals surface area contributed by atoms with Crippen molar-refractivity contribution in [1.82, 2.24) is 0 Å². The van der Waals surface area contributed by atoms with Gasteiger partial charge >= 0.3 is 5.97 Å². The Morgan fingerprint density at radius 2 is 2.06 bits per heavy atom. The minimum atomic E-state index is -0.942. The summed E-state index contributed by atoms with van der Waals surface area (Å²) in [4.78, 5) is 11.0. The number of carboxylic acid groups (broad SMARTS) is 1. The highest BCUT2D eigenvalue weighted by Crippen LogP contribution is 2.26. The zero-order valence-electron chi connectivity index (χ0n) is 8.87. The number of nitrogens with one attached hydrogen (secondary N) is 1. The second kappa shape index (κ2) is 4.74. The van der Waals surface area contributed by atoms with Crippen molar-refractivity contribution in [3.05, 3.63) is 28.8 Å². The van der Waals surface area contributed by atoms with E-state index in [0.717, 1.165) is 12.8 Å². The fourth-order valence-corrected chi connectivity index (χ4v) is 2.28. The van der Waals surface area contributed by atoms with Crippen molar-refractivity contribution in [1.29, 1.82) is 0 Å². The molecule has 0 heterocycles. The number of rotatable bonds is 3. The molecular formula is C12H14ClNO2. The van der Waals surface area contributed by atoms with Crippen LogP contribution in [0.1, 0.15) is 36.0 Å². The van der Waals surface area contributed by atoms with Crippen LogP contribution in [0.3, 0.4) is 0 Å². The molecule has 1 saturated carbocycles. The number of halogens is 1. The Balaban J connectivity index is 2.21. The molecule has 3 nitrogen and oxygen atoms in total. The van der Waals surface area contributed by atoms with Gasteiger partial charge in [0.25, 0.3) is 0 Å². The van der Waals surface area contributed by atoms with Crippen molar-refractivity contribution >= 4 is 23.3 Å². The Kier molecular flexibility index (Phi) is 3.34. The summed E-state index contributed by atoms with van der Waals surface area (Å²) in [7, 11) is 0. The highest BCUT2D eigenvalue weighted by molar-refractivity contribution is 6.31. The summed E-state index contributed by atoms with van der Waals surface area (Å²) >= 11 is 5.79. The first-order chi connectivity index (χ1) is 7.66. The number of benzene rings is 1.